The van der Waals surface area contributed by atoms with Crippen LogP contribution in [-0.2, 0) is 10.0 Å². The minimum Gasteiger partial charge on any atom is -0.385 e. The lowest BCUT2D eigenvalue weighted by Crippen LogP contribution is -2.33. The molecule has 20 heavy (non-hydrogen) atoms. The SMILES string of the molecule is CCNc1cc(C)c(S(=O)(=O)NC2CCCC2)c(C)c1. The van der Waals surface area contributed by atoms with Crippen LogP contribution in [0.25, 0.3) is 0 Å². The quantitative estimate of drug-likeness (QED) is 0.878. The first kappa shape index (κ1) is 15.3. The molecule has 2 N–H and O–H groups in total. The van der Waals surface area contributed by atoms with Crippen LogP contribution < -0.4 is 10.0 Å². The van der Waals surface area contributed by atoms with Gasteiger partial charge in [-0.25, -0.2) is 13.1 Å². The van der Waals surface area contributed by atoms with Gasteiger partial charge in [-0.1, -0.05) is 12.8 Å². The molecule has 5 heteroatoms. The van der Waals surface area contributed by atoms with E-state index in [1.54, 1.807) is 0 Å². The topological polar surface area (TPSA) is 58.2 Å². The first-order valence-corrected chi connectivity index (χ1v) is 8.80. The molecule has 0 unspecified atom stereocenters. The molecule has 0 bridgehead atoms. The third-order valence-electron chi connectivity index (χ3n) is 3.79. The molecule has 0 amide bonds. The number of rotatable bonds is 5. The number of nitrogens with one attached hydrogen (secondary N) is 2. The largest absolute Gasteiger partial charge is 0.385 e. The van der Waals surface area contributed by atoms with E-state index < -0.39 is 10.0 Å². The summed E-state index contributed by atoms with van der Waals surface area (Å²) in [5, 5.41) is 3.23. The molecular weight excluding hydrogens is 272 g/mol. The van der Waals surface area contributed by atoms with Gasteiger partial charge in [-0.15, -0.1) is 0 Å². The number of aryl methyl sites for hydroxylation is 2. The number of hydrogen-bond donors (Lipinski definition) is 2. The normalized spacial score (nSPS) is 16.6. The highest BCUT2D eigenvalue weighted by atomic mass is 32.2. The molecule has 1 saturated carbocycles. The minimum absolute atomic E-state index is 0.104. The van der Waals surface area contributed by atoms with Crippen LogP contribution in [0.5, 0.6) is 0 Å². The predicted octanol–water partition coefficient (Wildman–Crippen LogP) is 2.96. The Hall–Kier alpha value is -1.07. The van der Waals surface area contributed by atoms with Gasteiger partial charge in [0.1, 0.15) is 0 Å². The summed E-state index contributed by atoms with van der Waals surface area (Å²) in [4.78, 5) is 0.436. The highest BCUT2D eigenvalue weighted by Gasteiger charge is 2.25. The van der Waals surface area contributed by atoms with Gasteiger partial charge in [-0.3, -0.25) is 0 Å². The molecule has 112 valence electrons. The Bertz CT molecular complexity index is 553. The van der Waals surface area contributed by atoms with Gasteiger partial charge in [-0.2, -0.15) is 0 Å². The smallest absolute Gasteiger partial charge is 0.241 e. The van der Waals surface area contributed by atoms with Crippen LogP contribution in [0.4, 0.5) is 5.69 Å². The Labute approximate surface area is 122 Å². The number of sulfonamides is 1. The zero-order chi connectivity index (χ0) is 14.8. The molecule has 0 atom stereocenters. The Morgan fingerprint density at radius 2 is 1.70 bits per heavy atom. The van der Waals surface area contributed by atoms with E-state index in [4.69, 9.17) is 0 Å². The van der Waals surface area contributed by atoms with E-state index in [0.717, 1.165) is 49.0 Å². The van der Waals surface area contributed by atoms with Crippen LogP contribution in [0.2, 0.25) is 0 Å². The zero-order valence-electron chi connectivity index (χ0n) is 12.5. The molecule has 4 nitrogen and oxygen atoms in total. The molecule has 0 radical (unpaired) electrons. The van der Waals surface area contributed by atoms with Gasteiger partial charge < -0.3 is 5.32 Å². The van der Waals surface area contributed by atoms with Crippen LogP contribution in [0.15, 0.2) is 17.0 Å². The second-order valence-electron chi connectivity index (χ2n) is 5.57. The Kier molecular flexibility index (Phi) is 4.70. The summed E-state index contributed by atoms with van der Waals surface area (Å²) in [7, 11) is -3.41. The van der Waals surface area contributed by atoms with Crippen molar-refractivity contribution in [2.24, 2.45) is 0 Å². The molecule has 2 rings (SSSR count). The van der Waals surface area contributed by atoms with E-state index in [0.29, 0.717) is 4.90 Å². The van der Waals surface area contributed by atoms with Crippen molar-refractivity contribution in [2.45, 2.75) is 57.4 Å². The molecule has 1 aliphatic carbocycles. The summed E-state index contributed by atoms with van der Waals surface area (Å²) in [6.07, 6.45) is 4.13. The molecule has 0 saturated heterocycles. The summed E-state index contributed by atoms with van der Waals surface area (Å²) < 4.78 is 28.0. The fraction of sp³-hybridized carbons (Fsp3) is 0.600. The average molecular weight is 296 g/mol. The molecule has 0 heterocycles. The van der Waals surface area contributed by atoms with Gasteiger partial charge in [0, 0.05) is 18.3 Å². The Morgan fingerprint density at radius 1 is 1.15 bits per heavy atom. The third kappa shape index (κ3) is 3.33. The lowest BCUT2D eigenvalue weighted by molar-refractivity contribution is 0.551. The summed E-state index contributed by atoms with van der Waals surface area (Å²) in [6, 6.07) is 3.91. The lowest BCUT2D eigenvalue weighted by atomic mass is 10.1. The average Bonchev–Trinajstić information content (AvgIpc) is 2.79. The van der Waals surface area contributed by atoms with Gasteiger partial charge in [0.2, 0.25) is 10.0 Å². The van der Waals surface area contributed by atoms with Crippen molar-refractivity contribution >= 4 is 15.7 Å². The van der Waals surface area contributed by atoms with E-state index in [1.165, 1.54) is 0 Å². The molecular formula is C15H24N2O2S. The lowest BCUT2D eigenvalue weighted by Gasteiger charge is -2.17. The van der Waals surface area contributed by atoms with Gasteiger partial charge in [-0.05, 0) is 56.9 Å². The van der Waals surface area contributed by atoms with Gasteiger partial charge >= 0.3 is 0 Å². The first-order chi connectivity index (χ1) is 9.44. The maximum atomic E-state index is 12.6. The number of benzene rings is 1. The van der Waals surface area contributed by atoms with Crippen molar-refractivity contribution in [2.75, 3.05) is 11.9 Å². The van der Waals surface area contributed by atoms with Crippen LogP contribution in [0.3, 0.4) is 0 Å². The second-order valence-corrected chi connectivity index (χ2v) is 7.22. The van der Waals surface area contributed by atoms with Gasteiger partial charge in [0.05, 0.1) is 4.90 Å². The zero-order valence-corrected chi connectivity index (χ0v) is 13.3. The van der Waals surface area contributed by atoms with Crippen molar-refractivity contribution in [1.29, 1.82) is 0 Å². The fourth-order valence-corrected chi connectivity index (χ4v) is 4.76. The summed E-state index contributed by atoms with van der Waals surface area (Å²) in [6.45, 7) is 6.57. The Morgan fingerprint density at radius 3 is 2.20 bits per heavy atom. The van der Waals surface area contributed by atoms with E-state index in [9.17, 15) is 8.42 Å². The van der Waals surface area contributed by atoms with Crippen molar-refractivity contribution < 1.29 is 8.42 Å². The highest BCUT2D eigenvalue weighted by Crippen LogP contribution is 2.26. The van der Waals surface area contributed by atoms with Crippen molar-refractivity contribution in [3.63, 3.8) is 0 Å². The monoisotopic (exact) mass is 296 g/mol. The molecule has 0 spiro atoms. The van der Waals surface area contributed by atoms with E-state index in [2.05, 4.69) is 10.0 Å². The van der Waals surface area contributed by atoms with E-state index in [-0.39, 0.29) is 6.04 Å². The Balaban J connectivity index is 2.30. The molecule has 1 aromatic rings. The van der Waals surface area contributed by atoms with Crippen molar-refractivity contribution in [3.8, 4) is 0 Å². The van der Waals surface area contributed by atoms with Crippen LogP contribution in [0, 0.1) is 13.8 Å². The second kappa shape index (κ2) is 6.14. The fourth-order valence-electron chi connectivity index (χ4n) is 3.00. The molecule has 1 fully saturated rings. The third-order valence-corrected chi connectivity index (χ3v) is 5.61. The van der Waals surface area contributed by atoms with Crippen LogP contribution >= 0.6 is 0 Å². The number of hydrogen-bond acceptors (Lipinski definition) is 3. The van der Waals surface area contributed by atoms with Gasteiger partial charge in [0.15, 0.2) is 0 Å². The number of anilines is 1. The maximum absolute atomic E-state index is 12.6. The van der Waals surface area contributed by atoms with Gasteiger partial charge in [0.25, 0.3) is 0 Å². The maximum Gasteiger partial charge on any atom is 0.241 e. The molecule has 1 aliphatic rings. The molecule has 0 aromatic heterocycles. The summed E-state index contributed by atoms with van der Waals surface area (Å²) >= 11 is 0. The standard InChI is InChI=1S/C15H24N2O2S/c1-4-16-14-9-11(2)15(12(3)10-14)20(18,19)17-13-7-5-6-8-13/h9-10,13,16-17H,4-8H2,1-3H3. The van der Waals surface area contributed by atoms with Crippen LogP contribution in [-0.4, -0.2) is 21.0 Å². The highest BCUT2D eigenvalue weighted by molar-refractivity contribution is 7.89. The molecule has 0 aliphatic heterocycles. The van der Waals surface area contributed by atoms with Crippen molar-refractivity contribution in [3.05, 3.63) is 23.3 Å². The summed E-state index contributed by atoms with van der Waals surface area (Å²) in [5.74, 6) is 0. The predicted molar refractivity (Wildman–Crippen MR) is 82.7 cm³/mol. The molecule has 1 aromatic carbocycles. The van der Waals surface area contributed by atoms with E-state index in [1.807, 2.05) is 32.9 Å². The first-order valence-electron chi connectivity index (χ1n) is 7.31. The van der Waals surface area contributed by atoms with E-state index >= 15 is 0 Å². The summed E-state index contributed by atoms with van der Waals surface area (Å²) in [5.41, 5.74) is 2.57. The van der Waals surface area contributed by atoms with Crippen molar-refractivity contribution in [1.82, 2.24) is 4.72 Å². The van der Waals surface area contributed by atoms with Crippen LogP contribution in [0.1, 0.15) is 43.7 Å². The minimum atomic E-state index is -3.41.